The van der Waals surface area contributed by atoms with Crippen LogP contribution in [0.3, 0.4) is 0 Å². The van der Waals surface area contributed by atoms with E-state index in [2.05, 4.69) is 109 Å². The molecule has 173 valence electrons. The Morgan fingerprint density at radius 3 is 1.94 bits per heavy atom. The Balaban J connectivity index is 2.22. The van der Waals surface area contributed by atoms with Crippen LogP contribution in [0.5, 0.6) is 0 Å². The fraction of sp³-hybridized carbons (Fsp3) is 0.600. The van der Waals surface area contributed by atoms with Gasteiger partial charge in [0, 0.05) is 0 Å². The van der Waals surface area contributed by atoms with Crippen LogP contribution in [0.4, 0.5) is 0 Å². The molecule has 4 rings (SSSR count). The molecule has 0 spiro atoms. The molecule has 0 fully saturated rings. The van der Waals surface area contributed by atoms with Gasteiger partial charge in [-0.15, -0.1) is 0 Å². The third-order valence-electron chi connectivity index (χ3n) is 11.5. The first-order valence-electron chi connectivity index (χ1n) is 12.9. The molecule has 0 aromatic heterocycles. The van der Waals surface area contributed by atoms with Crippen molar-refractivity contribution in [2.75, 3.05) is 0 Å². The van der Waals surface area contributed by atoms with Crippen LogP contribution in [0.2, 0.25) is 36.4 Å². The summed E-state index contributed by atoms with van der Waals surface area (Å²) in [5.74, 6) is 0.528. The van der Waals surface area contributed by atoms with E-state index in [4.69, 9.17) is 0 Å². The van der Waals surface area contributed by atoms with E-state index in [0.717, 1.165) is 0 Å². The summed E-state index contributed by atoms with van der Waals surface area (Å²) in [5.41, 5.74) is 6.62. The summed E-state index contributed by atoms with van der Waals surface area (Å²) in [5, 5.41) is 0. The van der Waals surface area contributed by atoms with Gasteiger partial charge in [0.1, 0.15) is 0 Å². The number of fused-ring (bicyclic) bond motifs is 2. The van der Waals surface area contributed by atoms with E-state index < -0.39 is 12.6 Å². The first-order valence-corrected chi connectivity index (χ1v) is 41.9. The monoisotopic (exact) mass is 589 g/mol. The van der Waals surface area contributed by atoms with Gasteiger partial charge in [0.05, 0.1) is 0 Å². The second-order valence-corrected chi connectivity index (χ2v) is 132. The Morgan fingerprint density at radius 2 is 1.42 bits per heavy atom. The summed E-state index contributed by atoms with van der Waals surface area (Å²) in [6.07, 6.45) is 18.4. The van der Waals surface area contributed by atoms with Gasteiger partial charge in [0.2, 0.25) is 0 Å². The van der Waals surface area contributed by atoms with E-state index in [9.17, 15) is 0 Å². The summed E-state index contributed by atoms with van der Waals surface area (Å²) in [6.45, 7) is 9.78. The summed E-state index contributed by atoms with van der Waals surface area (Å²) in [4.78, 5) is 0. The molecule has 0 saturated carbocycles. The van der Waals surface area contributed by atoms with E-state index in [1.54, 1.807) is 16.7 Å². The SMILES string of the molecule is CCC(C)[C]1([Hf]([CH3])([CH3])([CH3])([CH3])([CH3])([CH3])([CH3])[CH]2C=CC=C2)C=Cc2cc3c(cc21)CC(C)(C)C3. The quantitative estimate of drug-likeness (QED) is 0.307. The molecule has 0 heterocycles. The van der Waals surface area contributed by atoms with Crippen molar-refractivity contribution < 1.29 is 12.6 Å². The molecule has 0 N–H and O–H groups in total. The molecule has 3 aliphatic carbocycles. The fourth-order valence-corrected chi connectivity index (χ4v) is 49.6. The van der Waals surface area contributed by atoms with Crippen LogP contribution in [0.15, 0.2) is 42.5 Å². The summed E-state index contributed by atoms with van der Waals surface area (Å²) >= 11 is -5.68. The van der Waals surface area contributed by atoms with Crippen LogP contribution < -0.4 is 0 Å². The number of rotatable bonds is 4. The Bertz CT molecular complexity index is 1150. The molecule has 0 amide bonds. The van der Waals surface area contributed by atoms with Crippen LogP contribution in [0.25, 0.3) is 6.08 Å². The molecule has 0 bridgehead atoms. The average Bonchev–Trinajstić information content (AvgIpc) is 3.26. The average molecular weight is 588 g/mol. The van der Waals surface area contributed by atoms with Crippen LogP contribution in [-0.4, -0.2) is 0 Å². The van der Waals surface area contributed by atoms with Gasteiger partial charge in [0.15, 0.2) is 0 Å². The van der Waals surface area contributed by atoms with Crippen molar-refractivity contribution in [3.05, 3.63) is 64.8 Å². The van der Waals surface area contributed by atoms with Gasteiger partial charge in [-0.2, -0.15) is 0 Å². The Hall–Kier alpha value is -0.690. The van der Waals surface area contributed by atoms with Crippen molar-refractivity contribution in [3.63, 3.8) is 0 Å². The van der Waals surface area contributed by atoms with Gasteiger partial charge in [-0.05, 0) is 0 Å². The van der Waals surface area contributed by atoms with Crippen molar-refractivity contribution >= 4 is 6.08 Å². The molecule has 1 aromatic carbocycles. The van der Waals surface area contributed by atoms with Crippen LogP contribution >= 0.6 is 0 Å². The second kappa shape index (κ2) is 4.03. The third-order valence-corrected chi connectivity index (χ3v) is 56.7. The van der Waals surface area contributed by atoms with Gasteiger partial charge >= 0.3 is 181 Å². The zero-order valence-corrected chi connectivity index (χ0v) is 26.0. The normalized spacial score (nSPS) is 32.2. The summed E-state index contributed by atoms with van der Waals surface area (Å²) in [7, 11) is 0. The molecule has 1 aromatic rings. The number of benzene rings is 1. The number of allylic oxidation sites excluding steroid dienone is 5. The van der Waals surface area contributed by atoms with Crippen LogP contribution in [-0.2, 0) is 28.6 Å². The van der Waals surface area contributed by atoms with E-state index >= 15 is 0 Å². The third kappa shape index (κ3) is 2.57. The van der Waals surface area contributed by atoms with Crippen molar-refractivity contribution in [2.24, 2.45) is 11.3 Å². The van der Waals surface area contributed by atoms with E-state index in [0.29, 0.717) is 15.0 Å². The molecule has 0 aliphatic heterocycles. The maximum absolute atomic E-state index is 5.68. The Kier molecular flexibility index (Phi) is 3.05. The molecular formula is C30H49Hf. The predicted octanol–water partition coefficient (Wildman–Crippen LogP) is 10.2. The van der Waals surface area contributed by atoms with Crippen molar-refractivity contribution in [1.82, 2.24) is 0 Å². The van der Waals surface area contributed by atoms with Gasteiger partial charge in [-0.25, -0.2) is 0 Å². The first-order chi connectivity index (χ1) is 13.4. The van der Waals surface area contributed by atoms with Gasteiger partial charge in [0.25, 0.3) is 0 Å². The predicted molar refractivity (Wildman–Crippen MR) is 141 cm³/mol. The second-order valence-electron chi connectivity index (χ2n) is 22.9. The zero-order chi connectivity index (χ0) is 23.6. The van der Waals surface area contributed by atoms with Gasteiger partial charge in [-0.3, -0.25) is 0 Å². The Morgan fingerprint density at radius 1 is 0.903 bits per heavy atom. The molecule has 1 heteroatoms. The minimum atomic E-state index is -5.68. The summed E-state index contributed by atoms with van der Waals surface area (Å²) < 4.78 is 19.7. The molecule has 2 atom stereocenters. The first kappa shape index (κ1) is 23.5. The van der Waals surface area contributed by atoms with Gasteiger partial charge < -0.3 is 0 Å². The van der Waals surface area contributed by atoms with Crippen molar-refractivity contribution in [2.45, 2.75) is 86.6 Å². The van der Waals surface area contributed by atoms with Crippen molar-refractivity contribution in [3.8, 4) is 0 Å². The number of hydrogen-bond acceptors (Lipinski definition) is 0. The fourth-order valence-electron chi connectivity index (χ4n) is 9.36. The van der Waals surface area contributed by atoms with E-state index in [1.807, 2.05) is 0 Å². The summed E-state index contributed by atoms with van der Waals surface area (Å²) in [6, 6.07) is 5.22. The molecule has 3 aliphatic rings. The molecular weight excluding hydrogens is 539 g/mol. The molecule has 2 unspecified atom stereocenters. The molecule has 0 saturated heterocycles. The minimum absolute atomic E-state index is 0.0446. The van der Waals surface area contributed by atoms with Crippen molar-refractivity contribution in [1.29, 1.82) is 0 Å². The Labute approximate surface area is 180 Å². The molecule has 0 radical (unpaired) electrons. The van der Waals surface area contributed by atoms with E-state index in [-0.39, 0.29) is 3.17 Å². The standard InChI is InChI=1S/C18H23.C5H5.7CH3.Hf/c1-5-12(2)16-7-6-13-8-14-10-18(3,4)11-15(14)9-17(13)16;1-2-4-5-3-1;;;;;;;;/h6-9,12H,5,10-11H2,1-4H3;1-5H;7*1H3;. The zero-order valence-electron chi connectivity index (χ0n) is 22.4. The van der Waals surface area contributed by atoms with Gasteiger partial charge in [-0.1, -0.05) is 0 Å². The topological polar surface area (TPSA) is 0 Å². The molecule has 31 heavy (non-hydrogen) atoms. The molecule has 0 nitrogen and oxygen atoms in total. The van der Waals surface area contributed by atoms with Crippen LogP contribution in [0.1, 0.15) is 56.4 Å². The van der Waals surface area contributed by atoms with E-state index in [1.165, 1.54) is 24.8 Å². The van der Waals surface area contributed by atoms with Crippen LogP contribution in [0, 0.1) is 11.3 Å². The maximum atomic E-state index is 2.76. The number of hydrogen-bond donors (Lipinski definition) is 0.